The number of rotatable bonds is 3. The quantitative estimate of drug-likeness (QED) is 0.903. The van der Waals surface area contributed by atoms with E-state index in [9.17, 15) is 13.6 Å². The number of amides is 1. The van der Waals surface area contributed by atoms with Gasteiger partial charge in [-0.25, -0.2) is 13.8 Å². The van der Waals surface area contributed by atoms with Crippen molar-refractivity contribution in [3.05, 3.63) is 48.2 Å². The molecule has 1 amide bonds. The van der Waals surface area contributed by atoms with Gasteiger partial charge in [0.25, 0.3) is 0 Å². The Balaban J connectivity index is 1.70. The van der Waals surface area contributed by atoms with Crippen molar-refractivity contribution in [2.45, 2.75) is 32.1 Å². The molecule has 1 aliphatic rings. The van der Waals surface area contributed by atoms with Crippen LogP contribution in [-0.2, 0) is 4.79 Å². The topological polar surface area (TPSA) is 42.0 Å². The minimum atomic E-state index is -0.630. The number of hydrogen-bond acceptors (Lipinski definition) is 2. The summed E-state index contributed by atoms with van der Waals surface area (Å²) < 4.78 is 26.5. The third kappa shape index (κ3) is 3.92. The Morgan fingerprint density at radius 2 is 1.70 bits per heavy atom. The lowest BCUT2D eigenvalue weighted by Crippen LogP contribution is -2.25. The molecule has 1 saturated carbocycles. The summed E-state index contributed by atoms with van der Waals surface area (Å²) in [5.41, 5.74) is 1.01. The predicted octanol–water partition coefficient (Wildman–Crippen LogP) is 4.55. The van der Waals surface area contributed by atoms with E-state index in [1.165, 1.54) is 24.8 Å². The molecular weight excluding hydrogens is 298 g/mol. The van der Waals surface area contributed by atoms with Gasteiger partial charge in [-0.1, -0.05) is 19.3 Å². The molecule has 1 aromatic heterocycles. The van der Waals surface area contributed by atoms with Crippen LogP contribution in [-0.4, -0.2) is 10.9 Å². The normalized spacial score (nSPS) is 15.4. The highest BCUT2D eigenvalue weighted by Crippen LogP contribution is 2.25. The Bertz CT molecular complexity index is 674. The summed E-state index contributed by atoms with van der Waals surface area (Å²) in [6.07, 6.45) is 6.73. The summed E-state index contributed by atoms with van der Waals surface area (Å²) >= 11 is 0. The van der Waals surface area contributed by atoms with Gasteiger partial charge in [-0.3, -0.25) is 4.79 Å². The molecule has 1 N–H and O–H groups in total. The summed E-state index contributed by atoms with van der Waals surface area (Å²) in [6, 6.07) is 6.67. The largest absolute Gasteiger partial charge is 0.310 e. The van der Waals surface area contributed by atoms with Gasteiger partial charge in [0.15, 0.2) is 0 Å². The minimum Gasteiger partial charge on any atom is -0.310 e. The molecule has 3 rings (SSSR count). The van der Waals surface area contributed by atoms with Gasteiger partial charge < -0.3 is 5.32 Å². The second-order valence-corrected chi connectivity index (χ2v) is 5.91. The Labute approximate surface area is 133 Å². The Hall–Kier alpha value is -2.30. The standard InChI is InChI=1S/C18H18F2N2O/c19-15-8-14(9-16(20)10-15)13-6-7-17(21-11-13)22-18(23)12-4-2-1-3-5-12/h6-12H,1-5H2,(H,21,22,23). The zero-order valence-corrected chi connectivity index (χ0v) is 12.7. The number of carbonyl (C=O) groups is 1. The van der Waals surface area contributed by atoms with E-state index in [2.05, 4.69) is 10.3 Å². The van der Waals surface area contributed by atoms with Crippen LogP contribution in [0.5, 0.6) is 0 Å². The fourth-order valence-electron chi connectivity index (χ4n) is 2.95. The SMILES string of the molecule is O=C(Nc1ccc(-c2cc(F)cc(F)c2)cn1)C1CCCCC1. The van der Waals surface area contributed by atoms with Gasteiger partial charge in [-0.15, -0.1) is 0 Å². The number of nitrogens with one attached hydrogen (secondary N) is 1. The summed E-state index contributed by atoms with van der Waals surface area (Å²) in [4.78, 5) is 16.3. The van der Waals surface area contributed by atoms with E-state index in [1.54, 1.807) is 12.1 Å². The number of nitrogens with zero attached hydrogens (tertiary/aromatic N) is 1. The molecule has 1 heterocycles. The monoisotopic (exact) mass is 316 g/mol. The first-order valence-corrected chi connectivity index (χ1v) is 7.85. The van der Waals surface area contributed by atoms with Crippen molar-refractivity contribution in [3.8, 4) is 11.1 Å². The number of carbonyl (C=O) groups excluding carboxylic acids is 1. The van der Waals surface area contributed by atoms with Crippen LogP contribution in [0, 0.1) is 17.6 Å². The average molecular weight is 316 g/mol. The molecule has 5 heteroatoms. The Kier molecular flexibility index (Phi) is 4.65. The molecule has 0 aliphatic heterocycles. The molecule has 1 aliphatic carbocycles. The van der Waals surface area contributed by atoms with Crippen molar-refractivity contribution in [3.63, 3.8) is 0 Å². The van der Waals surface area contributed by atoms with E-state index in [1.807, 2.05) is 0 Å². The third-order valence-corrected chi connectivity index (χ3v) is 4.19. The van der Waals surface area contributed by atoms with Gasteiger partial charge in [-0.2, -0.15) is 0 Å². The summed E-state index contributed by atoms with van der Waals surface area (Å²) in [5.74, 6) is -0.741. The highest BCUT2D eigenvalue weighted by atomic mass is 19.1. The molecular formula is C18H18F2N2O. The molecule has 0 atom stereocenters. The van der Waals surface area contributed by atoms with E-state index in [-0.39, 0.29) is 11.8 Å². The number of halogens is 2. The molecule has 120 valence electrons. The van der Waals surface area contributed by atoms with Gasteiger partial charge >= 0.3 is 0 Å². The molecule has 3 nitrogen and oxygen atoms in total. The predicted molar refractivity (Wildman–Crippen MR) is 84.8 cm³/mol. The summed E-state index contributed by atoms with van der Waals surface area (Å²) in [7, 11) is 0. The van der Waals surface area contributed by atoms with Crippen LogP contribution < -0.4 is 5.32 Å². The van der Waals surface area contributed by atoms with Crippen molar-refractivity contribution in [1.82, 2.24) is 4.98 Å². The van der Waals surface area contributed by atoms with Crippen LogP contribution in [0.15, 0.2) is 36.5 Å². The van der Waals surface area contributed by atoms with Crippen LogP contribution >= 0.6 is 0 Å². The number of anilines is 1. The first-order chi connectivity index (χ1) is 11.1. The maximum Gasteiger partial charge on any atom is 0.228 e. The van der Waals surface area contributed by atoms with Crippen molar-refractivity contribution in [2.24, 2.45) is 5.92 Å². The summed E-state index contributed by atoms with van der Waals surface area (Å²) in [6.45, 7) is 0. The molecule has 2 aromatic rings. The zero-order valence-electron chi connectivity index (χ0n) is 12.7. The van der Waals surface area contributed by atoms with Crippen LogP contribution in [0.25, 0.3) is 11.1 Å². The van der Waals surface area contributed by atoms with Crippen LogP contribution in [0.3, 0.4) is 0 Å². The molecule has 0 unspecified atom stereocenters. The number of pyridine rings is 1. The van der Waals surface area contributed by atoms with Crippen molar-refractivity contribution in [2.75, 3.05) is 5.32 Å². The fourth-order valence-corrected chi connectivity index (χ4v) is 2.95. The first kappa shape index (κ1) is 15.6. The molecule has 1 fully saturated rings. The van der Waals surface area contributed by atoms with Gasteiger partial charge in [0.2, 0.25) is 5.91 Å². The molecule has 0 spiro atoms. The van der Waals surface area contributed by atoms with Gasteiger partial charge in [0.1, 0.15) is 17.5 Å². The van der Waals surface area contributed by atoms with Crippen LogP contribution in [0.4, 0.5) is 14.6 Å². The highest BCUT2D eigenvalue weighted by Gasteiger charge is 2.21. The molecule has 0 saturated heterocycles. The van der Waals surface area contributed by atoms with E-state index < -0.39 is 11.6 Å². The smallest absolute Gasteiger partial charge is 0.228 e. The molecule has 1 aromatic carbocycles. The summed E-state index contributed by atoms with van der Waals surface area (Å²) in [5, 5.41) is 2.81. The number of aromatic nitrogens is 1. The third-order valence-electron chi connectivity index (χ3n) is 4.19. The van der Waals surface area contributed by atoms with Crippen molar-refractivity contribution < 1.29 is 13.6 Å². The van der Waals surface area contributed by atoms with Crippen LogP contribution in [0.2, 0.25) is 0 Å². The molecule has 0 bridgehead atoms. The van der Waals surface area contributed by atoms with Crippen molar-refractivity contribution >= 4 is 11.7 Å². The van der Waals surface area contributed by atoms with Crippen molar-refractivity contribution in [1.29, 1.82) is 0 Å². The lowest BCUT2D eigenvalue weighted by molar-refractivity contribution is -0.120. The minimum absolute atomic E-state index is 0.00162. The zero-order chi connectivity index (χ0) is 16.2. The second-order valence-electron chi connectivity index (χ2n) is 5.91. The number of hydrogen-bond donors (Lipinski definition) is 1. The highest BCUT2D eigenvalue weighted by molar-refractivity contribution is 5.91. The fraction of sp³-hybridized carbons (Fsp3) is 0.333. The van der Waals surface area contributed by atoms with E-state index in [0.29, 0.717) is 16.9 Å². The van der Waals surface area contributed by atoms with Gasteiger partial charge in [0, 0.05) is 23.7 Å². The Morgan fingerprint density at radius 1 is 1.00 bits per heavy atom. The van der Waals surface area contributed by atoms with E-state index >= 15 is 0 Å². The second kappa shape index (κ2) is 6.86. The maximum atomic E-state index is 13.3. The van der Waals surface area contributed by atoms with Gasteiger partial charge in [0.05, 0.1) is 0 Å². The first-order valence-electron chi connectivity index (χ1n) is 7.85. The molecule has 23 heavy (non-hydrogen) atoms. The lowest BCUT2D eigenvalue weighted by Gasteiger charge is -2.20. The number of benzene rings is 1. The van der Waals surface area contributed by atoms with E-state index in [0.717, 1.165) is 31.7 Å². The maximum absolute atomic E-state index is 13.3. The van der Waals surface area contributed by atoms with Gasteiger partial charge in [-0.05, 0) is 42.7 Å². The lowest BCUT2D eigenvalue weighted by atomic mass is 9.89. The van der Waals surface area contributed by atoms with Crippen LogP contribution in [0.1, 0.15) is 32.1 Å². The average Bonchev–Trinajstić information content (AvgIpc) is 2.55. The van der Waals surface area contributed by atoms with E-state index in [4.69, 9.17) is 0 Å². The Morgan fingerprint density at radius 3 is 2.30 bits per heavy atom. The molecule has 0 radical (unpaired) electrons.